The second-order valence-electron chi connectivity index (χ2n) is 8.83. The van der Waals surface area contributed by atoms with E-state index >= 15 is 0 Å². The van der Waals surface area contributed by atoms with Crippen molar-refractivity contribution < 1.29 is 23.4 Å². The number of aromatic nitrogens is 1. The van der Waals surface area contributed by atoms with Crippen LogP contribution in [0.4, 0.5) is 0 Å². The van der Waals surface area contributed by atoms with Crippen LogP contribution in [0.1, 0.15) is 31.2 Å². The van der Waals surface area contributed by atoms with E-state index in [1.807, 2.05) is 0 Å². The molecule has 12 heteroatoms. The number of carbonyl (C=O) groups excluding carboxylic acids is 1. The summed E-state index contributed by atoms with van der Waals surface area (Å²) in [6.07, 6.45) is 1.63. The van der Waals surface area contributed by atoms with E-state index in [1.54, 1.807) is 62.4 Å². The highest BCUT2D eigenvalue weighted by atomic mass is 79.9. The molecule has 3 heterocycles. The zero-order valence-electron chi connectivity index (χ0n) is 22.3. The van der Waals surface area contributed by atoms with Crippen LogP contribution in [-0.4, -0.2) is 31.4 Å². The first-order valence-corrected chi connectivity index (χ1v) is 14.7. The second kappa shape index (κ2) is 11.9. The number of carbonyl (C=O) groups is 1. The maximum Gasteiger partial charge on any atom is 0.338 e. The van der Waals surface area contributed by atoms with Crippen LogP contribution >= 0.6 is 50.5 Å². The van der Waals surface area contributed by atoms with Gasteiger partial charge in [0, 0.05) is 16.1 Å². The molecule has 0 N–H and O–H groups in total. The fourth-order valence-corrected chi connectivity index (χ4v) is 6.52. The lowest BCUT2D eigenvalue weighted by atomic mass is 9.95. The van der Waals surface area contributed by atoms with Gasteiger partial charge in [0.05, 0.1) is 52.7 Å². The first kappa shape index (κ1) is 29.2. The molecule has 0 fully saturated rings. The zero-order chi connectivity index (χ0) is 29.4. The molecule has 8 nitrogen and oxygen atoms in total. The van der Waals surface area contributed by atoms with Crippen molar-refractivity contribution in [1.82, 2.24) is 4.57 Å². The van der Waals surface area contributed by atoms with E-state index in [0.29, 0.717) is 63.7 Å². The Labute approximate surface area is 257 Å². The van der Waals surface area contributed by atoms with Gasteiger partial charge in [0.25, 0.3) is 5.56 Å². The first-order chi connectivity index (χ1) is 19.7. The molecule has 1 aliphatic rings. The minimum Gasteiger partial charge on any atom is -0.493 e. The maximum absolute atomic E-state index is 14.0. The zero-order valence-corrected chi connectivity index (χ0v) is 26.2. The topological polar surface area (TPSA) is 92.3 Å². The highest BCUT2D eigenvalue weighted by Crippen LogP contribution is 2.41. The predicted molar refractivity (Wildman–Crippen MR) is 162 cm³/mol. The molecule has 5 rings (SSSR count). The molecule has 2 aromatic heterocycles. The summed E-state index contributed by atoms with van der Waals surface area (Å²) in [7, 11) is 3.05. The Balaban J connectivity index is 1.69. The van der Waals surface area contributed by atoms with Crippen molar-refractivity contribution in [3.05, 3.63) is 99.3 Å². The molecule has 0 saturated carbocycles. The average Bonchev–Trinajstić information content (AvgIpc) is 3.53. The molecule has 4 aromatic rings. The van der Waals surface area contributed by atoms with E-state index in [2.05, 4.69) is 20.9 Å². The number of hydrogen-bond acceptors (Lipinski definition) is 8. The summed E-state index contributed by atoms with van der Waals surface area (Å²) in [4.78, 5) is 32.2. The van der Waals surface area contributed by atoms with Gasteiger partial charge in [-0.2, -0.15) is 0 Å². The van der Waals surface area contributed by atoms with E-state index in [0.717, 1.165) is 0 Å². The number of fused-ring (bicyclic) bond motifs is 1. The molecule has 41 heavy (non-hydrogen) atoms. The fourth-order valence-electron chi connectivity index (χ4n) is 4.56. The van der Waals surface area contributed by atoms with Gasteiger partial charge in [-0.1, -0.05) is 56.5 Å². The molecule has 0 amide bonds. The second-order valence-corrected chi connectivity index (χ2v) is 11.5. The number of allylic oxidation sites excluding steroid dienone is 1. The summed E-state index contributed by atoms with van der Waals surface area (Å²) in [5.74, 6) is 1.30. The number of halogens is 3. The number of rotatable bonds is 7. The Morgan fingerprint density at radius 1 is 1.17 bits per heavy atom. The Bertz CT molecular complexity index is 1890. The van der Waals surface area contributed by atoms with Crippen molar-refractivity contribution in [1.29, 1.82) is 0 Å². The molecule has 0 unspecified atom stereocenters. The number of thiazole rings is 1. The van der Waals surface area contributed by atoms with Crippen molar-refractivity contribution in [3.8, 4) is 22.8 Å². The summed E-state index contributed by atoms with van der Waals surface area (Å²) >= 11 is 17.3. The van der Waals surface area contributed by atoms with Crippen LogP contribution < -0.4 is 24.4 Å². The number of ether oxygens (including phenoxy) is 3. The van der Waals surface area contributed by atoms with Crippen LogP contribution in [0, 0.1) is 0 Å². The van der Waals surface area contributed by atoms with Crippen LogP contribution in [0.5, 0.6) is 11.5 Å². The molecule has 1 atom stereocenters. The Morgan fingerprint density at radius 2 is 1.90 bits per heavy atom. The van der Waals surface area contributed by atoms with Crippen LogP contribution in [0.3, 0.4) is 0 Å². The van der Waals surface area contributed by atoms with E-state index in [9.17, 15) is 9.59 Å². The number of furan rings is 1. The smallest absolute Gasteiger partial charge is 0.338 e. The minimum absolute atomic E-state index is 0.164. The minimum atomic E-state index is -0.848. The van der Waals surface area contributed by atoms with Crippen molar-refractivity contribution >= 4 is 62.5 Å². The lowest BCUT2D eigenvalue weighted by molar-refractivity contribution is -0.139. The molecule has 2 aromatic carbocycles. The highest BCUT2D eigenvalue weighted by molar-refractivity contribution is 9.10. The van der Waals surface area contributed by atoms with E-state index < -0.39 is 12.0 Å². The Morgan fingerprint density at radius 3 is 2.61 bits per heavy atom. The van der Waals surface area contributed by atoms with Crippen molar-refractivity contribution in [3.63, 3.8) is 0 Å². The number of nitrogens with zero attached hydrogens (tertiary/aromatic N) is 2. The van der Waals surface area contributed by atoms with E-state index in [1.165, 1.54) is 30.1 Å². The van der Waals surface area contributed by atoms with E-state index in [4.69, 9.17) is 41.8 Å². The van der Waals surface area contributed by atoms with Crippen molar-refractivity contribution in [2.45, 2.75) is 19.9 Å². The molecule has 212 valence electrons. The summed E-state index contributed by atoms with van der Waals surface area (Å²) in [5.41, 5.74) is 1.57. The normalized spacial score (nSPS) is 15.0. The van der Waals surface area contributed by atoms with Gasteiger partial charge in [-0.25, -0.2) is 9.79 Å². The predicted octanol–water partition coefficient (Wildman–Crippen LogP) is 6.14. The van der Waals surface area contributed by atoms with Gasteiger partial charge >= 0.3 is 5.97 Å². The molecular weight excluding hydrogens is 655 g/mol. The van der Waals surface area contributed by atoms with Gasteiger partial charge < -0.3 is 18.6 Å². The third kappa shape index (κ3) is 5.37. The van der Waals surface area contributed by atoms with Crippen molar-refractivity contribution in [2.75, 3.05) is 20.8 Å². The maximum atomic E-state index is 14.0. The molecule has 0 spiro atoms. The van der Waals surface area contributed by atoms with E-state index in [-0.39, 0.29) is 17.7 Å². The molecule has 0 radical (unpaired) electrons. The average molecular weight is 678 g/mol. The van der Waals surface area contributed by atoms with Crippen LogP contribution in [0.2, 0.25) is 10.0 Å². The number of hydrogen-bond donors (Lipinski definition) is 0. The molecule has 0 aliphatic carbocycles. The molecule has 0 saturated heterocycles. The lowest BCUT2D eigenvalue weighted by Crippen LogP contribution is -2.40. The summed E-state index contributed by atoms with van der Waals surface area (Å²) < 4.78 is 24.8. The van der Waals surface area contributed by atoms with Gasteiger partial charge in [0.2, 0.25) is 0 Å². The fraction of sp³-hybridized carbons (Fsp3) is 0.207. The lowest BCUT2D eigenvalue weighted by Gasteiger charge is -2.26. The molecule has 0 bridgehead atoms. The van der Waals surface area contributed by atoms with Gasteiger partial charge in [-0.05, 0) is 55.8 Å². The SMILES string of the molecule is CCOC(=O)C1=C(C)N=c2s/c(=C\c3ccc(-c4cccc(Cl)c4Cl)o3)c(=O)n2[C@H]1c1cc(OC)c(OC)cc1Br. The van der Waals surface area contributed by atoms with Gasteiger partial charge in [-0.15, -0.1) is 0 Å². The number of benzene rings is 2. The van der Waals surface area contributed by atoms with Gasteiger partial charge in [0.15, 0.2) is 16.3 Å². The first-order valence-electron chi connectivity index (χ1n) is 12.3. The monoisotopic (exact) mass is 676 g/mol. The number of esters is 1. The number of methoxy groups -OCH3 is 2. The van der Waals surface area contributed by atoms with Crippen LogP contribution in [-0.2, 0) is 9.53 Å². The standard InChI is InChI=1S/C29H23BrCl2N2O6S/c1-5-39-28(36)24-14(2)33-29-34(26(24)17-12-21(37-3)22(38-4)13-18(17)30)27(35)23(41-29)11-15-9-10-20(40-15)16-7-6-8-19(31)25(16)32/h6-13,26H,5H2,1-4H3/b23-11-/t26-/m0/s1. The third-order valence-electron chi connectivity index (χ3n) is 6.43. The van der Waals surface area contributed by atoms with Crippen molar-refractivity contribution in [2.24, 2.45) is 4.99 Å². The largest absolute Gasteiger partial charge is 0.493 e. The van der Waals surface area contributed by atoms with Crippen LogP contribution in [0.15, 0.2) is 72.4 Å². The molecular formula is C29H23BrCl2N2O6S. The summed E-state index contributed by atoms with van der Waals surface area (Å²) in [6, 6.07) is 11.4. The van der Waals surface area contributed by atoms with Crippen LogP contribution in [0.25, 0.3) is 17.4 Å². The summed E-state index contributed by atoms with van der Waals surface area (Å²) in [6.45, 7) is 3.61. The third-order valence-corrected chi connectivity index (χ3v) is 8.92. The summed E-state index contributed by atoms with van der Waals surface area (Å²) in [5, 5.41) is 0.779. The van der Waals surface area contributed by atoms with Gasteiger partial charge in [-0.3, -0.25) is 9.36 Å². The Kier molecular flexibility index (Phi) is 8.47. The highest BCUT2D eigenvalue weighted by Gasteiger charge is 2.35. The quantitative estimate of drug-likeness (QED) is 0.218. The Hall–Kier alpha value is -3.31. The molecule has 1 aliphatic heterocycles. The van der Waals surface area contributed by atoms with Gasteiger partial charge in [0.1, 0.15) is 11.5 Å².